The first-order chi connectivity index (χ1) is 8.63. The Morgan fingerprint density at radius 3 is 2.94 bits per heavy atom. The van der Waals surface area contributed by atoms with Crippen LogP contribution in [0, 0.1) is 6.92 Å². The summed E-state index contributed by atoms with van der Waals surface area (Å²) in [5.41, 5.74) is 8.41. The van der Waals surface area contributed by atoms with Gasteiger partial charge in [0.2, 0.25) is 0 Å². The maximum absolute atomic E-state index is 11.7. The second-order valence-electron chi connectivity index (χ2n) is 3.87. The number of nitrogen functional groups attached to an aromatic ring is 1. The van der Waals surface area contributed by atoms with Gasteiger partial charge < -0.3 is 10.5 Å². The highest BCUT2D eigenvalue weighted by Gasteiger charge is 2.15. The minimum atomic E-state index is -0.356. The Balaban J connectivity index is 2.39. The molecule has 0 aliphatic rings. The van der Waals surface area contributed by atoms with Crippen LogP contribution in [0.5, 0.6) is 0 Å². The van der Waals surface area contributed by atoms with Crippen molar-refractivity contribution in [1.29, 1.82) is 0 Å². The van der Waals surface area contributed by atoms with E-state index in [2.05, 4.69) is 5.10 Å². The number of anilines is 1. The summed E-state index contributed by atoms with van der Waals surface area (Å²) in [6.07, 6.45) is 1.51. The summed E-state index contributed by atoms with van der Waals surface area (Å²) in [5, 5.41) is 4.19. The van der Waals surface area contributed by atoms with Crippen LogP contribution in [0.15, 0.2) is 30.5 Å². The Morgan fingerprint density at radius 1 is 1.50 bits per heavy atom. The largest absolute Gasteiger partial charge is 0.462 e. The van der Waals surface area contributed by atoms with E-state index < -0.39 is 0 Å². The minimum Gasteiger partial charge on any atom is -0.462 e. The van der Waals surface area contributed by atoms with Gasteiger partial charge in [0, 0.05) is 5.69 Å². The molecule has 0 aliphatic carbocycles. The molecule has 1 aromatic heterocycles. The van der Waals surface area contributed by atoms with Crippen LogP contribution in [-0.2, 0) is 4.74 Å². The SMILES string of the molecule is CCOC(=O)c1cnn(-c2cccc(N)c2)c1C. The van der Waals surface area contributed by atoms with Crippen molar-refractivity contribution in [2.75, 3.05) is 12.3 Å². The van der Waals surface area contributed by atoms with E-state index in [0.717, 1.165) is 11.4 Å². The van der Waals surface area contributed by atoms with Gasteiger partial charge in [0.15, 0.2) is 0 Å². The van der Waals surface area contributed by atoms with Crippen molar-refractivity contribution < 1.29 is 9.53 Å². The first kappa shape index (κ1) is 12.2. The Kier molecular flexibility index (Phi) is 3.32. The van der Waals surface area contributed by atoms with Gasteiger partial charge in [0.05, 0.1) is 24.2 Å². The van der Waals surface area contributed by atoms with Gasteiger partial charge in [-0.15, -0.1) is 0 Å². The van der Waals surface area contributed by atoms with E-state index in [0.29, 0.717) is 17.9 Å². The Bertz CT molecular complexity index is 575. The van der Waals surface area contributed by atoms with Crippen LogP contribution in [0.1, 0.15) is 23.0 Å². The van der Waals surface area contributed by atoms with E-state index >= 15 is 0 Å². The molecule has 0 saturated carbocycles. The first-order valence-electron chi connectivity index (χ1n) is 5.71. The lowest BCUT2D eigenvalue weighted by Gasteiger charge is -2.06. The topological polar surface area (TPSA) is 70.1 Å². The van der Waals surface area contributed by atoms with Crippen molar-refractivity contribution in [3.8, 4) is 5.69 Å². The molecule has 94 valence electrons. The van der Waals surface area contributed by atoms with Gasteiger partial charge in [0.1, 0.15) is 5.56 Å². The Labute approximate surface area is 105 Å². The predicted molar refractivity (Wildman–Crippen MR) is 68.7 cm³/mol. The summed E-state index contributed by atoms with van der Waals surface area (Å²) in [7, 11) is 0. The molecule has 0 unspecified atom stereocenters. The molecule has 0 atom stereocenters. The second-order valence-corrected chi connectivity index (χ2v) is 3.87. The molecule has 2 aromatic rings. The molecule has 2 N–H and O–H groups in total. The number of nitrogens with zero attached hydrogens (tertiary/aromatic N) is 2. The highest BCUT2D eigenvalue weighted by atomic mass is 16.5. The lowest BCUT2D eigenvalue weighted by Crippen LogP contribution is -2.07. The third kappa shape index (κ3) is 2.20. The van der Waals surface area contributed by atoms with E-state index in [1.165, 1.54) is 6.20 Å². The molecule has 1 aromatic carbocycles. The first-order valence-corrected chi connectivity index (χ1v) is 5.71. The zero-order valence-corrected chi connectivity index (χ0v) is 10.4. The minimum absolute atomic E-state index is 0.349. The van der Waals surface area contributed by atoms with Gasteiger partial charge >= 0.3 is 5.97 Å². The number of aromatic nitrogens is 2. The lowest BCUT2D eigenvalue weighted by atomic mass is 10.2. The maximum atomic E-state index is 11.7. The molecule has 5 nitrogen and oxygen atoms in total. The van der Waals surface area contributed by atoms with Crippen molar-refractivity contribution in [2.45, 2.75) is 13.8 Å². The molecule has 0 saturated heterocycles. The monoisotopic (exact) mass is 245 g/mol. The average Bonchev–Trinajstić information content (AvgIpc) is 2.71. The maximum Gasteiger partial charge on any atom is 0.341 e. The van der Waals surface area contributed by atoms with Crippen molar-refractivity contribution in [2.24, 2.45) is 0 Å². The molecule has 0 amide bonds. The molecular formula is C13H15N3O2. The number of ether oxygens (including phenoxy) is 1. The Morgan fingerprint density at radius 2 is 2.28 bits per heavy atom. The molecule has 0 fully saturated rings. The van der Waals surface area contributed by atoms with Crippen LogP contribution >= 0.6 is 0 Å². The van der Waals surface area contributed by atoms with E-state index in [9.17, 15) is 4.79 Å². The van der Waals surface area contributed by atoms with Crippen LogP contribution < -0.4 is 5.73 Å². The quantitative estimate of drug-likeness (QED) is 0.662. The van der Waals surface area contributed by atoms with E-state index in [1.54, 1.807) is 23.7 Å². The predicted octanol–water partition coefficient (Wildman–Crippen LogP) is 1.94. The fourth-order valence-electron chi connectivity index (χ4n) is 1.74. The molecule has 2 rings (SSSR count). The number of nitrogens with two attached hydrogens (primary N) is 1. The van der Waals surface area contributed by atoms with Gasteiger partial charge in [-0.25, -0.2) is 9.48 Å². The summed E-state index contributed by atoms with van der Waals surface area (Å²) < 4.78 is 6.63. The fraction of sp³-hybridized carbons (Fsp3) is 0.231. The van der Waals surface area contributed by atoms with E-state index in [4.69, 9.17) is 10.5 Å². The number of hydrogen-bond donors (Lipinski definition) is 1. The summed E-state index contributed by atoms with van der Waals surface area (Å²) in [6, 6.07) is 7.32. The lowest BCUT2D eigenvalue weighted by molar-refractivity contribution is 0.0525. The van der Waals surface area contributed by atoms with Crippen LogP contribution in [0.4, 0.5) is 5.69 Å². The van der Waals surface area contributed by atoms with Gasteiger partial charge in [0.25, 0.3) is 0 Å². The summed E-state index contributed by atoms with van der Waals surface area (Å²) in [5.74, 6) is -0.356. The number of hydrogen-bond acceptors (Lipinski definition) is 4. The Hall–Kier alpha value is -2.30. The van der Waals surface area contributed by atoms with Crippen molar-refractivity contribution in [3.63, 3.8) is 0 Å². The number of carbonyl (C=O) groups excluding carboxylic acids is 1. The second kappa shape index (κ2) is 4.91. The third-order valence-electron chi connectivity index (χ3n) is 2.62. The van der Waals surface area contributed by atoms with Crippen molar-refractivity contribution in [3.05, 3.63) is 41.7 Å². The molecule has 0 radical (unpaired) electrons. The van der Waals surface area contributed by atoms with Crippen LogP contribution in [0.25, 0.3) is 5.69 Å². The normalized spacial score (nSPS) is 10.3. The van der Waals surface area contributed by atoms with Gasteiger partial charge in [-0.2, -0.15) is 5.10 Å². The number of benzene rings is 1. The zero-order valence-electron chi connectivity index (χ0n) is 10.4. The summed E-state index contributed by atoms with van der Waals surface area (Å²) >= 11 is 0. The highest BCUT2D eigenvalue weighted by Crippen LogP contribution is 2.16. The fourth-order valence-corrected chi connectivity index (χ4v) is 1.74. The molecule has 1 heterocycles. The summed E-state index contributed by atoms with van der Waals surface area (Å²) in [4.78, 5) is 11.7. The zero-order chi connectivity index (χ0) is 13.1. The molecular weight excluding hydrogens is 230 g/mol. The van der Waals surface area contributed by atoms with Crippen LogP contribution in [0.2, 0.25) is 0 Å². The third-order valence-corrected chi connectivity index (χ3v) is 2.62. The average molecular weight is 245 g/mol. The van der Waals surface area contributed by atoms with E-state index in [-0.39, 0.29) is 5.97 Å². The number of carbonyl (C=O) groups is 1. The summed E-state index contributed by atoms with van der Waals surface area (Å²) in [6.45, 7) is 3.94. The molecule has 5 heteroatoms. The molecule has 18 heavy (non-hydrogen) atoms. The van der Waals surface area contributed by atoms with E-state index in [1.807, 2.05) is 19.1 Å². The number of esters is 1. The molecule has 0 aliphatic heterocycles. The van der Waals surface area contributed by atoms with Crippen molar-refractivity contribution in [1.82, 2.24) is 9.78 Å². The van der Waals surface area contributed by atoms with Gasteiger partial charge in [-0.3, -0.25) is 0 Å². The highest BCUT2D eigenvalue weighted by molar-refractivity contribution is 5.90. The molecule has 0 spiro atoms. The van der Waals surface area contributed by atoms with Crippen LogP contribution in [0.3, 0.4) is 0 Å². The number of rotatable bonds is 3. The van der Waals surface area contributed by atoms with Crippen LogP contribution in [-0.4, -0.2) is 22.4 Å². The molecule has 0 bridgehead atoms. The standard InChI is InChI=1S/C13H15N3O2/c1-3-18-13(17)12-8-15-16(9(12)2)11-6-4-5-10(14)7-11/h4-8H,3,14H2,1-2H3. The smallest absolute Gasteiger partial charge is 0.341 e. The van der Waals surface area contributed by atoms with Gasteiger partial charge in [-0.1, -0.05) is 6.07 Å². The van der Waals surface area contributed by atoms with Gasteiger partial charge in [-0.05, 0) is 32.0 Å². The van der Waals surface area contributed by atoms with Crippen molar-refractivity contribution >= 4 is 11.7 Å².